The van der Waals surface area contributed by atoms with E-state index in [0.29, 0.717) is 12.6 Å². The zero-order chi connectivity index (χ0) is 23.2. The molecule has 0 atom stereocenters. The van der Waals surface area contributed by atoms with Crippen LogP contribution in [-0.2, 0) is 13.1 Å². The molecule has 2 aromatic carbocycles. The van der Waals surface area contributed by atoms with Gasteiger partial charge in [-0.15, -0.1) is 5.10 Å². The third kappa shape index (κ3) is 5.28. The molecule has 5 rings (SSSR count). The molecule has 8 heteroatoms. The number of fused-ring (bicyclic) bond motifs is 1. The zero-order valence-corrected chi connectivity index (χ0v) is 20.2. The maximum absolute atomic E-state index is 5.68. The fourth-order valence-corrected chi connectivity index (χ4v) is 5.00. The highest BCUT2D eigenvalue weighted by atomic mass is 32.1. The van der Waals surface area contributed by atoms with Crippen LogP contribution in [0.15, 0.2) is 67.0 Å². The standard InChI is InChI=1S/C26H31N7S/c34-26(28-15-7-6-10-21-8-2-1-3-9-21)31-17-13-22(14-18-31)25-27-16-19-32(25)20-33-24-12-5-4-11-23(24)29-30-33/h1-5,8-9,11-12,16,19,22H,6-7,10,13-15,17-18,20H2,(H,28,34). The van der Waals surface area contributed by atoms with Gasteiger partial charge in [0.15, 0.2) is 5.11 Å². The monoisotopic (exact) mass is 473 g/mol. The Hall–Kier alpha value is -3.26. The van der Waals surface area contributed by atoms with Crippen LogP contribution >= 0.6 is 12.2 Å². The molecule has 3 heterocycles. The highest BCUT2D eigenvalue weighted by Gasteiger charge is 2.25. The van der Waals surface area contributed by atoms with Crippen LogP contribution in [0.2, 0.25) is 0 Å². The number of imidazole rings is 1. The fourth-order valence-electron chi connectivity index (χ4n) is 4.71. The number of hydrogen-bond donors (Lipinski definition) is 1. The Labute approximate surface area is 205 Å². The molecular weight excluding hydrogens is 442 g/mol. The molecule has 0 aliphatic carbocycles. The summed E-state index contributed by atoms with van der Waals surface area (Å²) < 4.78 is 4.14. The van der Waals surface area contributed by atoms with E-state index in [4.69, 9.17) is 17.2 Å². The van der Waals surface area contributed by atoms with E-state index in [2.05, 4.69) is 61.5 Å². The van der Waals surface area contributed by atoms with Crippen molar-refractivity contribution in [3.05, 3.63) is 78.4 Å². The average Bonchev–Trinajstić information content (AvgIpc) is 3.52. The van der Waals surface area contributed by atoms with E-state index in [1.54, 1.807) is 0 Å². The van der Waals surface area contributed by atoms with Crippen molar-refractivity contribution in [1.82, 2.24) is 34.8 Å². The number of para-hydroxylation sites is 1. The van der Waals surface area contributed by atoms with Crippen LogP contribution in [0.4, 0.5) is 0 Å². The molecule has 0 radical (unpaired) electrons. The van der Waals surface area contributed by atoms with Gasteiger partial charge in [-0.3, -0.25) is 0 Å². The van der Waals surface area contributed by atoms with Crippen molar-refractivity contribution in [2.75, 3.05) is 19.6 Å². The van der Waals surface area contributed by atoms with Crippen molar-refractivity contribution in [1.29, 1.82) is 0 Å². The first kappa shape index (κ1) is 22.5. The number of aromatic nitrogens is 5. The summed E-state index contributed by atoms with van der Waals surface area (Å²) in [4.78, 5) is 7.01. The molecule has 1 N–H and O–H groups in total. The second-order valence-corrected chi connectivity index (χ2v) is 9.30. The number of nitrogens with one attached hydrogen (secondary N) is 1. The minimum absolute atomic E-state index is 0.426. The Morgan fingerprint density at radius 1 is 1.00 bits per heavy atom. The fraction of sp³-hybridized carbons (Fsp3) is 0.385. The lowest BCUT2D eigenvalue weighted by atomic mass is 9.96. The summed E-state index contributed by atoms with van der Waals surface area (Å²) >= 11 is 5.68. The average molecular weight is 474 g/mol. The second-order valence-electron chi connectivity index (χ2n) is 8.91. The summed E-state index contributed by atoms with van der Waals surface area (Å²) in [5.74, 6) is 1.55. The third-order valence-corrected chi connectivity index (χ3v) is 7.02. The molecule has 7 nitrogen and oxygen atoms in total. The molecule has 0 bridgehead atoms. The van der Waals surface area contributed by atoms with E-state index in [-0.39, 0.29) is 0 Å². The molecule has 1 aliphatic rings. The second kappa shape index (κ2) is 10.8. The molecule has 0 unspecified atom stereocenters. The number of piperidine rings is 1. The van der Waals surface area contributed by atoms with Crippen molar-refractivity contribution in [2.24, 2.45) is 0 Å². The van der Waals surface area contributed by atoms with Crippen LogP contribution in [0.1, 0.15) is 43.0 Å². The Morgan fingerprint density at radius 3 is 2.65 bits per heavy atom. The van der Waals surface area contributed by atoms with Gasteiger partial charge in [-0.05, 0) is 62.0 Å². The summed E-state index contributed by atoms with van der Waals surface area (Å²) in [6.07, 6.45) is 9.45. The Balaban J connectivity index is 1.08. The van der Waals surface area contributed by atoms with Crippen LogP contribution in [0.25, 0.3) is 11.0 Å². The SMILES string of the molecule is S=C(NCCCCc1ccccc1)N1CCC(c2nccn2Cn2nnc3ccccc32)CC1. The molecule has 34 heavy (non-hydrogen) atoms. The van der Waals surface area contributed by atoms with Crippen LogP contribution in [0, 0.1) is 0 Å². The lowest BCUT2D eigenvalue weighted by Gasteiger charge is -2.33. The van der Waals surface area contributed by atoms with E-state index < -0.39 is 0 Å². The Bertz CT molecular complexity index is 1210. The maximum atomic E-state index is 5.68. The number of unbranched alkanes of at least 4 members (excludes halogenated alkanes) is 1. The molecule has 4 aromatic rings. The quantitative estimate of drug-likeness (QED) is 0.306. The van der Waals surface area contributed by atoms with Crippen molar-refractivity contribution in [2.45, 2.75) is 44.7 Å². The highest BCUT2D eigenvalue weighted by molar-refractivity contribution is 7.80. The molecule has 0 saturated carbocycles. The van der Waals surface area contributed by atoms with E-state index >= 15 is 0 Å². The molecule has 1 saturated heterocycles. The first-order valence-corrected chi connectivity index (χ1v) is 12.5. The number of benzene rings is 2. The van der Waals surface area contributed by atoms with Gasteiger partial charge in [-0.1, -0.05) is 47.7 Å². The van der Waals surface area contributed by atoms with Crippen molar-refractivity contribution < 1.29 is 0 Å². The molecule has 0 spiro atoms. The third-order valence-electron chi connectivity index (χ3n) is 6.61. The van der Waals surface area contributed by atoms with Gasteiger partial charge in [-0.2, -0.15) is 0 Å². The van der Waals surface area contributed by atoms with Gasteiger partial charge in [0, 0.05) is 37.9 Å². The molecule has 176 valence electrons. The minimum atomic E-state index is 0.426. The summed E-state index contributed by atoms with van der Waals surface area (Å²) in [6, 6.07) is 18.7. The Morgan fingerprint density at radius 2 is 1.79 bits per heavy atom. The van der Waals surface area contributed by atoms with Crippen molar-refractivity contribution in [3.8, 4) is 0 Å². The van der Waals surface area contributed by atoms with E-state index in [1.165, 1.54) is 12.0 Å². The van der Waals surface area contributed by atoms with Gasteiger partial charge >= 0.3 is 0 Å². The van der Waals surface area contributed by atoms with E-state index in [9.17, 15) is 0 Å². The van der Waals surface area contributed by atoms with Crippen LogP contribution in [0.5, 0.6) is 0 Å². The largest absolute Gasteiger partial charge is 0.363 e. The van der Waals surface area contributed by atoms with E-state index in [1.807, 2.05) is 35.3 Å². The molecular formula is C26H31N7S. The zero-order valence-electron chi connectivity index (χ0n) is 19.4. The summed E-state index contributed by atoms with van der Waals surface area (Å²) in [6.45, 7) is 3.47. The number of rotatable bonds is 8. The van der Waals surface area contributed by atoms with E-state index in [0.717, 1.165) is 67.3 Å². The smallest absolute Gasteiger partial charge is 0.168 e. The van der Waals surface area contributed by atoms with Gasteiger partial charge in [0.25, 0.3) is 0 Å². The molecule has 1 aliphatic heterocycles. The predicted octanol–water partition coefficient (Wildman–Crippen LogP) is 4.21. The topological polar surface area (TPSA) is 63.8 Å². The molecule has 1 fully saturated rings. The normalized spacial score (nSPS) is 14.5. The number of aryl methyl sites for hydroxylation is 1. The van der Waals surface area contributed by atoms with Crippen LogP contribution < -0.4 is 5.32 Å². The molecule has 2 aromatic heterocycles. The summed E-state index contributed by atoms with van der Waals surface area (Å²) in [5, 5.41) is 13.0. The summed E-state index contributed by atoms with van der Waals surface area (Å²) in [5.41, 5.74) is 3.36. The first-order chi connectivity index (χ1) is 16.8. The Kier molecular flexibility index (Phi) is 7.14. The maximum Gasteiger partial charge on any atom is 0.168 e. The summed E-state index contributed by atoms with van der Waals surface area (Å²) in [7, 11) is 0. The number of likely N-dealkylation sites (tertiary alicyclic amines) is 1. The predicted molar refractivity (Wildman–Crippen MR) is 139 cm³/mol. The van der Waals surface area contributed by atoms with Gasteiger partial charge in [-0.25, -0.2) is 9.67 Å². The first-order valence-electron chi connectivity index (χ1n) is 12.1. The lowest BCUT2D eigenvalue weighted by Crippen LogP contribution is -2.44. The van der Waals surface area contributed by atoms with Crippen LogP contribution in [0.3, 0.4) is 0 Å². The van der Waals surface area contributed by atoms with Crippen molar-refractivity contribution >= 4 is 28.4 Å². The number of hydrogen-bond acceptors (Lipinski definition) is 4. The van der Waals surface area contributed by atoms with Gasteiger partial charge in [0.05, 0.1) is 5.52 Å². The molecule has 0 amide bonds. The number of nitrogens with zero attached hydrogens (tertiary/aromatic N) is 6. The highest BCUT2D eigenvalue weighted by Crippen LogP contribution is 2.27. The van der Waals surface area contributed by atoms with Gasteiger partial charge in [0.2, 0.25) is 0 Å². The lowest BCUT2D eigenvalue weighted by molar-refractivity contribution is 0.298. The number of thiocarbonyl (C=S) groups is 1. The van der Waals surface area contributed by atoms with Crippen molar-refractivity contribution in [3.63, 3.8) is 0 Å². The van der Waals surface area contributed by atoms with Gasteiger partial charge in [0.1, 0.15) is 18.0 Å². The van der Waals surface area contributed by atoms with Gasteiger partial charge < -0.3 is 14.8 Å². The minimum Gasteiger partial charge on any atom is -0.363 e. The van der Waals surface area contributed by atoms with Crippen LogP contribution in [-0.4, -0.2) is 54.2 Å².